The second kappa shape index (κ2) is 6.78. The third-order valence-corrected chi connectivity index (χ3v) is 3.95. The van der Waals surface area contributed by atoms with Crippen LogP contribution in [0, 0.1) is 0 Å². The van der Waals surface area contributed by atoms with Crippen molar-refractivity contribution in [2.45, 2.75) is 18.9 Å². The fourth-order valence-corrected chi connectivity index (χ4v) is 2.54. The maximum atomic E-state index is 12.2. The maximum Gasteiger partial charge on any atom is 0.335 e. The fourth-order valence-electron chi connectivity index (χ4n) is 2.31. The van der Waals surface area contributed by atoms with Crippen molar-refractivity contribution in [1.82, 2.24) is 10.2 Å². The Kier molecular flexibility index (Phi) is 5.03. The molecule has 1 aromatic carbocycles. The summed E-state index contributed by atoms with van der Waals surface area (Å²) in [6.07, 6.45) is 1.82. The van der Waals surface area contributed by atoms with E-state index in [1.54, 1.807) is 11.9 Å². The van der Waals surface area contributed by atoms with Crippen LogP contribution in [0.1, 0.15) is 23.2 Å². The number of carboxylic acids is 1. The molecule has 6 nitrogen and oxygen atoms in total. The molecule has 21 heavy (non-hydrogen) atoms. The largest absolute Gasteiger partial charge is 0.478 e. The zero-order chi connectivity index (χ0) is 15.4. The van der Waals surface area contributed by atoms with Crippen LogP contribution in [0.15, 0.2) is 18.2 Å². The monoisotopic (exact) mass is 311 g/mol. The molecule has 1 aliphatic heterocycles. The van der Waals surface area contributed by atoms with Crippen LogP contribution in [0.5, 0.6) is 0 Å². The van der Waals surface area contributed by atoms with Crippen molar-refractivity contribution in [1.29, 1.82) is 0 Å². The minimum Gasteiger partial charge on any atom is -0.478 e. The number of amides is 2. The highest BCUT2D eigenvalue weighted by Crippen LogP contribution is 2.24. The molecule has 0 atom stereocenters. The third kappa shape index (κ3) is 3.86. The second-order valence-corrected chi connectivity index (χ2v) is 5.43. The molecular weight excluding hydrogens is 294 g/mol. The molecule has 0 aromatic heterocycles. The zero-order valence-corrected chi connectivity index (χ0v) is 12.5. The van der Waals surface area contributed by atoms with Gasteiger partial charge in [-0.2, -0.15) is 0 Å². The van der Waals surface area contributed by atoms with Crippen LogP contribution in [0.4, 0.5) is 10.5 Å². The van der Waals surface area contributed by atoms with Crippen LogP contribution in [-0.4, -0.2) is 48.2 Å². The topological polar surface area (TPSA) is 81.7 Å². The number of piperidine rings is 1. The Labute approximate surface area is 128 Å². The Morgan fingerprint density at radius 1 is 1.38 bits per heavy atom. The third-order valence-electron chi connectivity index (χ3n) is 3.63. The SMILES string of the molecule is CN(C(=O)Nc1ccc(C(=O)O)cc1Cl)C1CCNCC1. The highest BCUT2D eigenvalue weighted by Gasteiger charge is 2.22. The summed E-state index contributed by atoms with van der Waals surface area (Å²) in [5.74, 6) is -1.05. The lowest BCUT2D eigenvalue weighted by Crippen LogP contribution is -2.45. The number of halogens is 1. The fraction of sp³-hybridized carbons (Fsp3) is 0.429. The highest BCUT2D eigenvalue weighted by molar-refractivity contribution is 6.34. The Morgan fingerprint density at radius 2 is 2.05 bits per heavy atom. The van der Waals surface area contributed by atoms with Gasteiger partial charge in [-0.25, -0.2) is 9.59 Å². The number of urea groups is 1. The summed E-state index contributed by atoms with van der Waals surface area (Å²) >= 11 is 6.00. The van der Waals surface area contributed by atoms with E-state index in [-0.39, 0.29) is 22.7 Å². The molecule has 7 heteroatoms. The van der Waals surface area contributed by atoms with E-state index >= 15 is 0 Å². The van der Waals surface area contributed by atoms with Crippen LogP contribution in [-0.2, 0) is 0 Å². The van der Waals surface area contributed by atoms with Crippen LogP contribution in [0.3, 0.4) is 0 Å². The molecule has 0 aliphatic carbocycles. The molecule has 0 saturated carbocycles. The summed E-state index contributed by atoms with van der Waals surface area (Å²) in [6, 6.07) is 4.19. The van der Waals surface area contributed by atoms with Crippen LogP contribution < -0.4 is 10.6 Å². The number of nitrogens with zero attached hydrogens (tertiary/aromatic N) is 1. The number of hydrogen-bond acceptors (Lipinski definition) is 3. The van der Waals surface area contributed by atoms with Crippen LogP contribution in [0.25, 0.3) is 0 Å². The summed E-state index contributed by atoms with van der Waals surface area (Å²) < 4.78 is 0. The van der Waals surface area contributed by atoms with Gasteiger partial charge in [0.1, 0.15) is 0 Å². The molecular formula is C14H18ClN3O3. The molecule has 1 fully saturated rings. The van der Waals surface area contributed by atoms with Gasteiger partial charge in [0, 0.05) is 13.1 Å². The van der Waals surface area contributed by atoms with Crippen LogP contribution in [0.2, 0.25) is 5.02 Å². The van der Waals surface area contributed by atoms with Gasteiger partial charge in [-0.05, 0) is 44.1 Å². The summed E-state index contributed by atoms with van der Waals surface area (Å²) in [7, 11) is 1.75. The van der Waals surface area contributed by atoms with Gasteiger partial charge >= 0.3 is 12.0 Å². The van der Waals surface area contributed by atoms with Gasteiger partial charge in [0.05, 0.1) is 16.3 Å². The first-order valence-corrected chi connectivity index (χ1v) is 7.14. The van der Waals surface area contributed by atoms with Gasteiger partial charge in [0.15, 0.2) is 0 Å². The van der Waals surface area contributed by atoms with Crippen molar-refractivity contribution in [3.05, 3.63) is 28.8 Å². The quantitative estimate of drug-likeness (QED) is 0.799. The summed E-state index contributed by atoms with van der Waals surface area (Å²) in [5, 5.41) is 15.1. The Hall–Kier alpha value is -1.79. The van der Waals surface area contributed by atoms with Crippen molar-refractivity contribution in [3.8, 4) is 0 Å². The van der Waals surface area contributed by atoms with E-state index < -0.39 is 5.97 Å². The Morgan fingerprint density at radius 3 is 2.62 bits per heavy atom. The lowest BCUT2D eigenvalue weighted by atomic mass is 10.1. The predicted molar refractivity (Wildman–Crippen MR) is 81.1 cm³/mol. The lowest BCUT2D eigenvalue weighted by Gasteiger charge is -2.31. The molecule has 114 valence electrons. The molecule has 1 aliphatic rings. The van der Waals surface area contributed by atoms with Gasteiger partial charge in [0.25, 0.3) is 0 Å². The van der Waals surface area contributed by atoms with E-state index in [4.69, 9.17) is 16.7 Å². The molecule has 0 radical (unpaired) electrons. The van der Waals surface area contributed by atoms with Crippen molar-refractivity contribution in [2.24, 2.45) is 0 Å². The highest BCUT2D eigenvalue weighted by atomic mass is 35.5. The summed E-state index contributed by atoms with van der Waals surface area (Å²) in [5.41, 5.74) is 0.497. The molecule has 2 rings (SSSR count). The van der Waals surface area contributed by atoms with Gasteiger partial charge in [-0.15, -0.1) is 0 Å². The molecule has 0 bridgehead atoms. The average molecular weight is 312 g/mol. The average Bonchev–Trinajstić information content (AvgIpc) is 2.49. The number of aromatic carboxylic acids is 1. The number of benzene rings is 1. The lowest BCUT2D eigenvalue weighted by molar-refractivity contribution is 0.0697. The first-order valence-electron chi connectivity index (χ1n) is 6.76. The van der Waals surface area contributed by atoms with E-state index in [1.165, 1.54) is 18.2 Å². The van der Waals surface area contributed by atoms with Crippen molar-refractivity contribution < 1.29 is 14.7 Å². The number of rotatable bonds is 3. The van der Waals surface area contributed by atoms with Crippen molar-refractivity contribution in [2.75, 3.05) is 25.5 Å². The first kappa shape index (κ1) is 15.6. The number of nitrogens with one attached hydrogen (secondary N) is 2. The zero-order valence-electron chi connectivity index (χ0n) is 11.7. The van der Waals surface area contributed by atoms with E-state index in [2.05, 4.69) is 10.6 Å². The summed E-state index contributed by atoms with van der Waals surface area (Å²) in [6.45, 7) is 1.80. The number of carbonyl (C=O) groups excluding carboxylic acids is 1. The molecule has 1 aromatic rings. The Bertz CT molecular complexity index is 544. The standard InChI is InChI=1S/C14H18ClN3O3/c1-18(10-4-6-16-7-5-10)14(21)17-12-3-2-9(13(19)20)8-11(12)15/h2-3,8,10,16H,4-7H2,1H3,(H,17,21)(H,19,20). The Balaban J connectivity index is 2.03. The minimum absolute atomic E-state index is 0.0877. The minimum atomic E-state index is -1.05. The number of hydrogen-bond donors (Lipinski definition) is 3. The van der Waals surface area contributed by atoms with Crippen molar-refractivity contribution >= 4 is 29.3 Å². The van der Waals surface area contributed by atoms with Gasteiger partial charge < -0.3 is 20.6 Å². The predicted octanol–water partition coefficient (Wildman–Crippen LogP) is 2.25. The van der Waals surface area contributed by atoms with E-state index in [0.29, 0.717) is 5.69 Å². The molecule has 0 unspecified atom stereocenters. The molecule has 0 spiro atoms. The molecule has 1 saturated heterocycles. The van der Waals surface area contributed by atoms with Crippen LogP contribution >= 0.6 is 11.6 Å². The van der Waals surface area contributed by atoms with Gasteiger partial charge in [-0.1, -0.05) is 11.6 Å². The number of carboxylic acid groups (broad SMARTS) is 1. The first-order chi connectivity index (χ1) is 9.99. The number of carbonyl (C=O) groups is 2. The van der Waals surface area contributed by atoms with E-state index in [9.17, 15) is 9.59 Å². The van der Waals surface area contributed by atoms with E-state index in [1.807, 2.05) is 0 Å². The summed E-state index contributed by atoms with van der Waals surface area (Å²) in [4.78, 5) is 24.7. The van der Waals surface area contributed by atoms with E-state index in [0.717, 1.165) is 25.9 Å². The maximum absolute atomic E-state index is 12.2. The van der Waals surface area contributed by atoms with Gasteiger partial charge in [-0.3, -0.25) is 0 Å². The second-order valence-electron chi connectivity index (χ2n) is 5.02. The number of anilines is 1. The normalized spacial score (nSPS) is 15.5. The smallest absolute Gasteiger partial charge is 0.335 e. The van der Waals surface area contributed by atoms with Gasteiger partial charge in [0.2, 0.25) is 0 Å². The molecule has 2 amide bonds. The molecule has 1 heterocycles. The molecule has 3 N–H and O–H groups in total. The van der Waals surface area contributed by atoms with Crippen molar-refractivity contribution in [3.63, 3.8) is 0 Å².